The first-order valence-electron chi connectivity index (χ1n) is 15.3. The second-order valence-corrected chi connectivity index (χ2v) is 11.3. The van der Waals surface area contributed by atoms with E-state index in [0.29, 0.717) is 84.6 Å². The van der Waals surface area contributed by atoms with Crippen LogP contribution < -0.4 is 24.4 Å². The number of rotatable bonds is 11. The number of aromatic nitrogens is 3. The molecular weight excluding hydrogens is 607 g/mol. The number of hydrogen-bond acceptors (Lipinski definition) is 11. The largest absolute Gasteiger partial charge is 0.493 e. The van der Waals surface area contributed by atoms with Gasteiger partial charge in [-0.3, -0.25) is 4.79 Å². The lowest BCUT2D eigenvalue weighted by atomic mass is 10.1. The lowest BCUT2D eigenvalue weighted by Gasteiger charge is -2.31. The molecule has 246 valence electrons. The third-order valence-corrected chi connectivity index (χ3v) is 8.43. The number of piperidine rings is 1. The van der Waals surface area contributed by atoms with E-state index in [4.69, 9.17) is 23.7 Å². The minimum Gasteiger partial charge on any atom is -0.493 e. The molecule has 2 aliphatic heterocycles. The second kappa shape index (κ2) is 14.2. The van der Waals surface area contributed by atoms with Crippen molar-refractivity contribution >= 4 is 34.1 Å². The summed E-state index contributed by atoms with van der Waals surface area (Å²) in [5, 5.41) is 3.72. The van der Waals surface area contributed by atoms with Crippen molar-refractivity contribution in [2.75, 3.05) is 57.7 Å². The van der Waals surface area contributed by atoms with Crippen molar-refractivity contribution in [2.24, 2.45) is 0 Å². The van der Waals surface area contributed by atoms with E-state index in [2.05, 4.69) is 31.7 Å². The number of hydrogen-bond donors (Lipinski definition) is 1. The van der Waals surface area contributed by atoms with E-state index < -0.39 is 5.82 Å². The molecule has 4 heterocycles. The highest BCUT2D eigenvalue weighted by Gasteiger charge is 2.33. The number of amides is 1. The zero-order chi connectivity index (χ0) is 32.9. The Morgan fingerprint density at radius 2 is 1.70 bits per heavy atom. The zero-order valence-electron chi connectivity index (χ0n) is 26.5. The van der Waals surface area contributed by atoms with Crippen molar-refractivity contribution in [3.63, 3.8) is 0 Å². The van der Waals surface area contributed by atoms with Crippen LogP contribution in [0.2, 0.25) is 0 Å². The van der Waals surface area contributed by atoms with Crippen LogP contribution in [0, 0.1) is 5.82 Å². The van der Waals surface area contributed by atoms with Crippen molar-refractivity contribution in [1.29, 1.82) is 0 Å². The summed E-state index contributed by atoms with van der Waals surface area (Å²) in [7, 11) is 4.89. The Balaban J connectivity index is 1.17. The fourth-order valence-corrected chi connectivity index (χ4v) is 5.86. The molecule has 12 nitrogen and oxygen atoms in total. The maximum Gasteiger partial charge on any atom is 0.245 e. The Hall–Kier alpha value is -5.01. The normalized spacial score (nSPS) is 18.3. The van der Waals surface area contributed by atoms with Crippen LogP contribution in [0.4, 0.5) is 21.7 Å². The standard InChI is InChI=1S/C34H37FN6O6/c1-5-33(42)40-12-9-21(10-13-40)47-29-16-24-27(17-28(29)43-2)37-20-38-34(24)39-26-7-6-22(14-25(26)35)46-23-8-11-36-32(15-23)41-18-30(44-3)31(19-41)45-4/h5-8,11,14-17,20-21,30-31H,1,9-10,12-13,18-19H2,2-4H3,(H,37,38,39)/t30-,31+. The van der Waals surface area contributed by atoms with Gasteiger partial charge in [0, 0.05) is 83.0 Å². The van der Waals surface area contributed by atoms with E-state index in [1.165, 1.54) is 18.5 Å². The predicted molar refractivity (Wildman–Crippen MR) is 174 cm³/mol. The van der Waals surface area contributed by atoms with Gasteiger partial charge in [-0.05, 0) is 30.3 Å². The lowest BCUT2D eigenvalue weighted by molar-refractivity contribution is -0.127. The number of pyridine rings is 1. The molecular formula is C34H37FN6O6. The molecule has 0 spiro atoms. The highest BCUT2D eigenvalue weighted by Crippen LogP contribution is 2.37. The van der Waals surface area contributed by atoms with Gasteiger partial charge in [0.1, 0.15) is 53.6 Å². The van der Waals surface area contributed by atoms with E-state index in [0.717, 1.165) is 0 Å². The fraction of sp³-hybridized carbons (Fsp3) is 0.353. The summed E-state index contributed by atoms with van der Waals surface area (Å²) in [6.45, 7) is 5.98. The van der Waals surface area contributed by atoms with Gasteiger partial charge in [0.15, 0.2) is 11.5 Å². The highest BCUT2D eigenvalue weighted by molar-refractivity contribution is 5.93. The number of nitrogens with one attached hydrogen (secondary N) is 1. The Morgan fingerprint density at radius 1 is 0.957 bits per heavy atom. The average molecular weight is 645 g/mol. The highest BCUT2D eigenvalue weighted by atomic mass is 19.1. The first-order chi connectivity index (χ1) is 22.9. The molecule has 0 unspecified atom stereocenters. The van der Waals surface area contributed by atoms with Gasteiger partial charge in [0.25, 0.3) is 0 Å². The molecule has 6 rings (SSSR count). The van der Waals surface area contributed by atoms with Crippen LogP contribution in [-0.4, -0.2) is 91.6 Å². The van der Waals surface area contributed by atoms with Gasteiger partial charge in [0.05, 0.1) is 18.3 Å². The number of nitrogens with zero attached hydrogens (tertiary/aromatic N) is 5. The number of fused-ring (bicyclic) bond motifs is 1. The van der Waals surface area contributed by atoms with Crippen LogP contribution in [0.5, 0.6) is 23.0 Å². The van der Waals surface area contributed by atoms with Crippen LogP contribution in [0.25, 0.3) is 10.9 Å². The molecule has 2 saturated heterocycles. The predicted octanol–water partition coefficient (Wildman–Crippen LogP) is 5.11. The molecule has 2 aliphatic rings. The quantitative estimate of drug-likeness (QED) is 0.219. The number of methoxy groups -OCH3 is 3. The summed E-state index contributed by atoms with van der Waals surface area (Å²) in [5.41, 5.74) is 0.803. The first-order valence-corrected chi connectivity index (χ1v) is 15.3. The van der Waals surface area contributed by atoms with Crippen molar-refractivity contribution in [3.05, 3.63) is 73.5 Å². The monoisotopic (exact) mass is 644 g/mol. The molecule has 4 aromatic rings. The molecule has 2 aromatic heterocycles. The lowest BCUT2D eigenvalue weighted by Crippen LogP contribution is -2.41. The van der Waals surface area contributed by atoms with E-state index in [1.54, 1.807) is 68.8 Å². The third-order valence-electron chi connectivity index (χ3n) is 8.43. The zero-order valence-corrected chi connectivity index (χ0v) is 26.5. The summed E-state index contributed by atoms with van der Waals surface area (Å²) < 4.78 is 44.4. The van der Waals surface area contributed by atoms with Crippen molar-refractivity contribution in [1.82, 2.24) is 19.9 Å². The Morgan fingerprint density at radius 3 is 2.38 bits per heavy atom. The number of carbonyl (C=O) groups is 1. The van der Waals surface area contributed by atoms with Crippen LogP contribution in [0.15, 0.2) is 67.6 Å². The summed E-state index contributed by atoms with van der Waals surface area (Å²) >= 11 is 0. The fourth-order valence-electron chi connectivity index (χ4n) is 5.86. The number of anilines is 3. The maximum absolute atomic E-state index is 15.4. The van der Waals surface area contributed by atoms with Gasteiger partial charge in [-0.1, -0.05) is 6.58 Å². The topological polar surface area (TPSA) is 120 Å². The van der Waals surface area contributed by atoms with Gasteiger partial charge in [-0.25, -0.2) is 19.3 Å². The van der Waals surface area contributed by atoms with Crippen molar-refractivity contribution in [2.45, 2.75) is 31.2 Å². The molecule has 47 heavy (non-hydrogen) atoms. The van der Waals surface area contributed by atoms with E-state index in [-0.39, 0.29) is 29.9 Å². The van der Waals surface area contributed by atoms with E-state index >= 15 is 4.39 Å². The first kappa shape index (κ1) is 32.0. The van der Waals surface area contributed by atoms with Crippen LogP contribution >= 0.6 is 0 Å². The summed E-state index contributed by atoms with van der Waals surface area (Å²) in [6.07, 6.45) is 5.47. The number of carbonyl (C=O) groups excluding carboxylic acids is 1. The summed E-state index contributed by atoms with van der Waals surface area (Å²) in [5.74, 6) is 2.37. The average Bonchev–Trinajstić information content (AvgIpc) is 3.53. The number of ether oxygens (including phenoxy) is 5. The maximum atomic E-state index is 15.4. The van der Waals surface area contributed by atoms with E-state index in [1.807, 2.05) is 0 Å². The Kier molecular flexibility index (Phi) is 9.64. The van der Waals surface area contributed by atoms with Crippen LogP contribution in [-0.2, 0) is 14.3 Å². The molecule has 1 amide bonds. The second-order valence-electron chi connectivity index (χ2n) is 11.3. The Bertz CT molecular complexity index is 1740. The molecule has 0 bridgehead atoms. The van der Waals surface area contributed by atoms with Crippen LogP contribution in [0.1, 0.15) is 12.8 Å². The molecule has 0 saturated carbocycles. The van der Waals surface area contributed by atoms with Gasteiger partial charge >= 0.3 is 0 Å². The van der Waals surface area contributed by atoms with Gasteiger partial charge < -0.3 is 38.8 Å². The molecule has 0 aliphatic carbocycles. The molecule has 13 heteroatoms. The minimum atomic E-state index is -0.528. The van der Waals surface area contributed by atoms with Crippen molar-refractivity contribution in [3.8, 4) is 23.0 Å². The minimum absolute atomic E-state index is 0.0625. The van der Waals surface area contributed by atoms with Crippen molar-refractivity contribution < 1.29 is 32.9 Å². The smallest absolute Gasteiger partial charge is 0.245 e. The SMILES string of the molecule is C=CC(=O)N1CCC(Oc2cc3c(Nc4ccc(Oc5ccnc(N6C[C@H](OC)[C@H](OC)C6)c5)cc4F)ncnc3cc2OC)CC1. The van der Waals surface area contributed by atoms with Gasteiger partial charge in [-0.15, -0.1) is 0 Å². The molecule has 1 N–H and O–H groups in total. The molecule has 2 fully saturated rings. The Labute approximate surface area is 272 Å². The van der Waals surface area contributed by atoms with Crippen LogP contribution in [0.3, 0.4) is 0 Å². The summed E-state index contributed by atoms with van der Waals surface area (Å²) in [4.78, 5) is 29.0. The number of halogens is 1. The van der Waals surface area contributed by atoms with E-state index in [9.17, 15) is 4.79 Å². The van der Waals surface area contributed by atoms with Gasteiger partial charge in [-0.2, -0.15) is 0 Å². The third kappa shape index (κ3) is 7.05. The summed E-state index contributed by atoms with van der Waals surface area (Å²) in [6, 6.07) is 11.6. The number of benzene rings is 2. The van der Waals surface area contributed by atoms with Gasteiger partial charge in [0.2, 0.25) is 5.91 Å². The molecule has 2 aromatic carbocycles. The molecule has 0 radical (unpaired) electrons. The molecule has 2 atom stereocenters. The number of likely N-dealkylation sites (tertiary alicyclic amines) is 1.